The number of ketones is 1. The molecule has 1 aliphatic carbocycles. The summed E-state index contributed by atoms with van der Waals surface area (Å²) < 4.78 is 7.30. The number of nitriles is 1. The Bertz CT molecular complexity index is 1070. The highest BCUT2D eigenvalue weighted by atomic mass is 16.6. The molecule has 150 valence electrons. The van der Waals surface area contributed by atoms with Crippen LogP contribution < -0.4 is 0 Å². The van der Waals surface area contributed by atoms with Gasteiger partial charge in [-0.05, 0) is 52.8 Å². The van der Waals surface area contributed by atoms with Crippen molar-refractivity contribution in [2.75, 3.05) is 13.1 Å². The highest BCUT2D eigenvalue weighted by Crippen LogP contribution is 2.53. The molecule has 29 heavy (non-hydrogen) atoms. The average Bonchev–Trinajstić information content (AvgIpc) is 3.13. The largest absolute Gasteiger partial charge is 0.443 e. The Morgan fingerprint density at radius 2 is 1.86 bits per heavy atom. The third kappa shape index (κ3) is 2.57. The summed E-state index contributed by atoms with van der Waals surface area (Å²) in [6.45, 7) is 7.21. The predicted molar refractivity (Wildman–Crippen MR) is 107 cm³/mol. The highest BCUT2D eigenvalue weighted by molar-refractivity contribution is 5.97. The number of Topliss-reactive ketones (excluding diaryl/α,β-unsaturated/α-hetero) is 1. The zero-order chi connectivity index (χ0) is 20.5. The van der Waals surface area contributed by atoms with E-state index in [0.717, 1.165) is 36.0 Å². The SMILES string of the molecule is CC(C)(C)OC(=O)n1c2c(c3ccccc31)C1C3CCN1CCC(C3=O)C2C#N. The second-order valence-corrected chi connectivity index (χ2v) is 9.41. The quantitative estimate of drug-likeness (QED) is 0.679. The van der Waals surface area contributed by atoms with Crippen molar-refractivity contribution >= 4 is 22.8 Å². The molecule has 0 N–H and O–H groups in total. The van der Waals surface area contributed by atoms with E-state index in [1.807, 2.05) is 45.0 Å². The zero-order valence-corrected chi connectivity index (χ0v) is 17.0. The van der Waals surface area contributed by atoms with Crippen LogP contribution in [0, 0.1) is 23.2 Å². The number of fused-ring (bicyclic) bond motifs is 4. The average molecular weight is 391 g/mol. The van der Waals surface area contributed by atoms with Gasteiger partial charge in [-0.2, -0.15) is 5.26 Å². The molecule has 2 aliphatic heterocycles. The molecule has 6 heteroatoms. The van der Waals surface area contributed by atoms with E-state index >= 15 is 0 Å². The molecule has 3 aliphatic rings. The molecular formula is C23H25N3O3. The van der Waals surface area contributed by atoms with Crippen LogP contribution in [0.1, 0.15) is 56.8 Å². The standard InChI is InChI=1S/C23H25N3O3/c1-23(2,3)29-22(28)26-17-7-5-4-6-14(17)18-19-15-9-11-25(19)10-8-13(21(15)27)16(12-24)20(18)26/h4-7,13,15-16,19H,8-11H2,1-3H3. The number of carbonyl (C=O) groups excluding carboxylic acids is 2. The maximum absolute atomic E-state index is 13.4. The van der Waals surface area contributed by atoms with Crippen LogP contribution in [0.25, 0.3) is 10.9 Å². The first kappa shape index (κ1) is 18.4. The second kappa shape index (κ2) is 6.17. The molecule has 0 spiro atoms. The van der Waals surface area contributed by atoms with Crippen LogP contribution in [0.4, 0.5) is 4.79 Å². The van der Waals surface area contributed by atoms with Crippen LogP contribution in [0.2, 0.25) is 0 Å². The molecule has 1 aromatic heterocycles. The van der Waals surface area contributed by atoms with Gasteiger partial charge >= 0.3 is 6.09 Å². The van der Waals surface area contributed by atoms with E-state index < -0.39 is 17.6 Å². The van der Waals surface area contributed by atoms with Gasteiger partial charge < -0.3 is 4.74 Å². The Hall–Kier alpha value is -2.65. The van der Waals surface area contributed by atoms with Crippen molar-refractivity contribution in [3.8, 4) is 6.07 Å². The summed E-state index contributed by atoms with van der Waals surface area (Å²) in [6, 6.07) is 10.1. The molecule has 2 fully saturated rings. The normalized spacial score (nSPS) is 30.6. The van der Waals surface area contributed by atoms with Crippen LogP contribution in [0.3, 0.4) is 0 Å². The molecule has 0 radical (unpaired) electrons. The number of rotatable bonds is 0. The number of nitrogens with zero attached hydrogens (tertiary/aromatic N) is 3. The van der Waals surface area contributed by atoms with Crippen molar-refractivity contribution in [3.05, 3.63) is 35.5 Å². The molecule has 1 aromatic carbocycles. The minimum absolute atomic E-state index is 0.0607. The number of ether oxygens (including phenoxy) is 1. The van der Waals surface area contributed by atoms with Gasteiger partial charge in [0, 0.05) is 28.8 Å². The Balaban J connectivity index is 1.84. The maximum Gasteiger partial charge on any atom is 0.419 e. The summed E-state index contributed by atoms with van der Waals surface area (Å²) in [5, 5.41) is 11.1. The topological polar surface area (TPSA) is 75.3 Å². The van der Waals surface area contributed by atoms with Gasteiger partial charge in [-0.3, -0.25) is 9.69 Å². The number of aromatic nitrogens is 1. The lowest BCUT2D eigenvalue weighted by Gasteiger charge is -2.29. The smallest absolute Gasteiger partial charge is 0.419 e. The second-order valence-electron chi connectivity index (χ2n) is 9.41. The molecule has 5 rings (SSSR count). The molecule has 4 bridgehead atoms. The molecule has 2 aromatic rings. The van der Waals surface area contributed by atoms with E-state index in [4.69, 9.17) is 4.74 Å². The van der Waals surface area contributed by atoms with Gasteiger partial charge in [0.2, 0.25) is 0 Å². The van der Waals surface area contributed by atoms with E-state index in [1.54, 1.807) is 4.57 Å². The van der Waals surface area contributed by atoms with Gasteiger partial charge in [0.25, 0.3) is 0 Å². The predicted octanol–water partition coefficient (Wildman–Crippen LogP) is 4.00. The van der Waals surface area contributed by atoms with E-state index in [2.05, 4.69) is 11.0 Å². The summed E-state index contributed by atoms with van der Waals surface area (Å²) in [6.07, 6.45) is 1.01. The van der Waals surface area contributed by atoms with E-state index in [9.17, 15) is 14.9 Å². The van der Waals surface area contributed by atoms with Gasteiger partial charge in [0.05, 0.1) is 23.2 Å². The Morgan fingerprint density at radius 1 is 1.17 bits per heavy atom. The Labute approximate surface area is 170 Å². The van der Waals surface area contributed by atoms with Crippen LogP contribution in [0.5, 0.6) is 0 Å². The van der Waals surface area contributed by atoms with Crippen molar-refractivity contribution in [3.63, 3.8) is 0 Å². The van der Waals surface area contributed by atoms with Gasteiger partial charge in [0.15, 0.2) is 0 Å². The summed E-state index contributed by atoms with van der Waals surface area (Å²) in [7, 11) is 0. The lowest BCUT2D eigenvalue weighted by Crippen LogP contribution is -2.33. The number of hydrogen-bond donors (Lipinski definition) is 0. The minimum Gasteiger partial charge on any atom is -0.443 e. The summed E-state index contributed by atoms with van der Waals surface area (Å²) >= 11 is 0. The van der Waals surface area contributed by atoms with E-state index in [0.29, 0.717) is 12.1 Å². The van der Waals surface area contributed by atoms with Crippen LogP contribution in [-0.4, -0.2) is 40.0 Å². The van der Waals surface area contributed by atoms with Crippen molar-refractivity contribution in [1.82, 2.24) is 9.47 Å². The molecule has 0 saturated carbocycles. The van der Waals surface area contributed by atoms with E-state index in [1.165, 1.54) is 0 Å². The number of hydrogen-bond acceptors (Lipinski definition) is 5. The number of para-hydroxylation sites is 1. The number of carbonyl (C=O) groups is 2. The summed E-state index contributed by atoms with van der Waals surface area (Å²) in [4.78, 5) is 29.0. The maximum atomic E-state index is 13.4. The Morgan fingerprint density at radius 3 is 2.55 bits per heavy atom. The third-order valence-electron chi connectivity index (χ3n) is 6.62. The first-order valence-corrected chi connectivity index (χ1v) is 10.4. The van der Waals surface area contributed by atoms with Gasteiger partial charge in [0.1, 0.15) is 11.4 Å². The van der Waals surface area contributed by atoms with Crippen molar-refractivity contribution < 1.29 is 14.3 Å². The lowest BCUT2D eigenvalue weighted by molar-refractivity contribution is -0.126. The first-order chi connectivity index (χ1) is 13.8. The summed E-state index contributed by atoms with van der Waals surface area (Å²) in [5.41, 5.74) is 1.75. The van der Waals surface area contributed by atoms with Crippen LogP contribution >= 0.6 is 0 Å². The minimum atomic E-state index is -0.656. The van der Waals surface area contributed by atoms with E-state index in [-0.39, 0.29) is 23.7 Å². The highest BCUT2D eigenvalue weighted by Gasteiger charge is 2.53. The molecule has 6 nitrogen and oxygen atoms in total. The first-order valence-electron chi connectivity index (χ1n) is 10.4. The fourth-order valence-electron chi connectivity index (χ4n) is 5.59. The molecule has 5 atom stereocenters. The zero-order valence-electron chi connectivity index (χ0n) is 17.0. The monoisotopic (exact) mass is 391 g/mol. The molecule has 0 amide bonds. The third-order valence-corrected chi connectivity index (χ3v) is 6.62. The van der Waals surface area contributed by atoms with Gasteiger partial charge in [-0.15, -0.1) is 0 Å². The Kier molecular flexibility index (Phi) is 3.91. The van der Waals surface area contributed by atoms with Crippen LogP contribution in [0.15, 0.2) is 24.3 Å². The van der Waals surface area contributed by atoms with Gasteiger partial charge in [-0.1, -0.05) is 18.2 Å². The van der Waals surface area contributed by atoms with Gasteiger partial charge in [-0.25, -0.2) is 9.36 Å². The molecular weight excluding hydrogens is 366 g/mol. The van der Waals surface area contributed by atoms with Crippen molar-refractivity contribution in [1.29, 1.82) is 5.26 Å². The lowest BCUT2D eigenvalue weighted by atomic mass is 9.82. The molecule has 5 unspecified atom stereocenters. The van der Waals surface area contributed by atoms with Crippen LogP contribution in [-0.2, 0) is 9.53 Å². The van der Waals surface area contributed by atoms with Crippen molar-refractivity contribution in [2.24, 2.45) is 11.8 Å². The molecule has 3 heterocycles. The summed E-state index contributed by atoms with van der Waals surface area (Å²) in [5.74, 6) is -0.912. The molecule has 2 saturated heterocycles. The van der Waals surface area contributed by atoms with Crippen molar-refractivity contribution in [2.45, 2.75) is 51.2 Å². The fraction of sp³-hybridized carbons (Fsp3) is 0.522. The number of benzene rings is 1. The fourth-order valence-corrected chi connectivity index (χ4v) is 5.59.